The van der Waals surface area contributed by atoms with E-state index in [1.165, 1.54) is 51.4 Å². The molecule has 19 heavy (non-hydrogen) atoms. The molecule has 0 spiro atoms. The van der Waals surface area contributed by atoms with Gasteiger partial charge in [0.15, 0.2) is 0 Å². The summed E-state index contributed by atoms with van der Waals surface area (Å²) in [5.74, 6) is 2.60. The van der Waals surface area contributed by atoms with Gasteiger partial charge in [0.05, 0.1) is 0 Å². The summed E-state index contributed by atoms with van der Waals surface area (Å²) in [5, 5.41) is 0. The lowest BCUT2D eigenvalue weighted by molar-refractivity contribution is 0.0456. The fourth-order valence-corrected chi connectivity index (χ4v) is 4.48. The SMILES string of the molecule is CCC1CCC(CN)C(N(C)C2CCCC(C)C2)C1. The molecule has 5 atom stereocenters. The Bertz CT molecular complexity index is 266. The van der Waals surface area contributed by atoms with Gasteiger partial charge in [0.25, 0.3) is 0 Å². The summed E-state index contributed by atoms with van der Waals surface area (Å²) in [5.41, 5.74) is 6.05. The Morgan fingerprint density at radius 1 is 1.11 bits per heavy atom. The highest BCUT2D eigenvalue weighted by Crippen LogP contribution is 2.36. The molecule has 0 heterocycles. The maximum absolute atomic E-state index is 6.05. The molecule has 0 bridgehead atoms. The molecule has 2 saturated carbocycles. The molecule has 0 saturated heterocycles. The van der Waals surface area contributed by atoms with Gasteiger partial charge in [-0.15, -0.1) is 0 Å². The van der Waals surface area contributed by atoms with Crippen LogP contribution < -0.4 is 5.73 Å². The predicted octanol–water partition coefficient (Wildman–Crippen LogP) is 3.65. The average Bonchev–Trinajstić information content (AvgIpc) is 2.45. The first-order valence-corrected chi connectivity index (χ1v) is 8.57. The third-order valence-corrected chi connectivity index (χ3v) is 5.95. The first-order chi connectivity index (χ1) is 9.15. The highest BCUT2D eigenvalue weighted by molar-refractivity contribution is 4.90. The van der Waals surface area contributed by atoms with Crippen LogP contribution in [0, 0.1) is 17.8 Å². The third-order valence-electron chi connectivity index (χ3n) is 5.95. The highest BCUT2D eigenvalue weighted by Gasteiger charge is 2.35. The zero-order valence-corrected chi connectivity index (χ0v) is 13.3. The summed E-state index contributed by atoms with van der Waals surface area (Å²) in [6.45, 7) is 5.66. The standard InChI is InChI=1S/C17H34N2/c1-4-14-8-9-15(12-18)17(11-14)19(3)16-7-5-6-13(2)10-16/h13-17H,4-12,18H2,1-3H3. The maximum atomic E-state index is 6.05. The summed E-state index contributed by atoms with van der Waals surface area (Å²) >= 11 is 0. The van der Waals surface area contributed by atoms with Crippen molar-refractivity contribution in [3.63, 3.8) is 0 Å². The second-order valence-electron chi connectivity index (χ2n) is 7.24. The van der Waals surface area contributed by atoms with E-state index in [1.54, 1.807) is 0 Å². The molecule has 0 aromatic rings. The Balaban J connectivity index is 1.99. The van der Waals surface area contributed by atoms with E-state index in [0.29, 0.717) is 0 Å². The number of rotatable bonds is 4. The quantitative estimate of drug-likeness (QED) is 0.841. The van der Waals surface area contributed by atoms with E-state index in [-0.39, 0.29) is 0 Å². The van der Waals surface area contributed by atoms with E-state index in [2.05, 4.69) is 25.8 Å². The summed E-state index contributed by atoms with van der Waals surface area (Å²) in [7, 11) is 2.38. The van der Waals surface area contributed by atoms with Gasteiger partial charge in [0.2, 0.25) is 0 Å². The lowest BCUT2D eigenvalue weighted by Gasteiger charge is -2.46. The molecule has 0 aromatic heterocycles. The van der Waals surface area contributed by atoms with Gasteiger partial charge in [-0.2, -0.15) is 0 Å². The smallest absolute Gasteiger partial charge is 0.0138 e. The average molecular weight is 266 g/mol. The molecule has 2 N–H and O–H groups in total. The van der Waals surface area contributed by atoms with Crippen molar-refractivity contribution in [2.75, 3.05) is 13.6 Å². The van der Waals surface area contributed by atoms with Gasteiger partial charge in [-0.1, -0.05) is 39.5 Å². The van der Waals surface area contributed by atoms with Crippen LogP contribution in [0.4, 0.5) is 0 Å². The van der Waals surface area contributed by atoms with Crippen LogP contribution in [-0.4, -0.2) is 30.6 Å². The van der Waals surface area contributed by atoms with E-state index in [4.69, 9.17) is 5.73 Å². The van der Waals surface area contributed by atoms with Crippen molar-refractivity contribution in [2.45, 2.75) is 77.3 Å². The van der Waals surface area contributed by atoms with E-state index >= 15 is 0 Å². The minimum atomic E-state index is 0.741. The number of nitrogens with zero attached hydrogens (tertiary/aromatic N) is 1. The molecule has 2 aliphatic carbocycles. The Kier molecular flexibility index (Phi) is 5.70. The third kappa shape index (κ3) is 3.72. The molecule has 0 radical (unpaired) electrons. The zero-order chi connectivity index (χ0) is 13.8. The molecule has 2 heteroatoms. The zero-order valence-electron chi connectivity index (χ0n) is 13.3. The Morgan fingerprint density at radius 2 is 1.89 bits per heavy atom. The van der Waals surface area contributed by atoms with Gasteiger partial charge in [0.1, 0.15) is 0 Å². The van der Waals surface area contributed by atoms with E-state index in [1.807, 2.05) is 0 Å². The van der Waals surface area contributed by atoms with Crippen molar-refractivity contribution >= 4 is 0 Å². The lowest BCUT2D eigenvalue weighted by Crippen LogP contribution is -2.50. The van der Waals surface area contributed by atoms with Crippen molar-refractivity contribution in [3.8, 4) is 0 Å². The van der Waals surface area contributed by atoms with Gasteiger partial charge < -0.3 is 10.6 Å². The predicted molar refractivity (Wildman–Crippen MR) is 83.1 cm³/mol. The van der Waals surface area contributed by atoms with E-state index < -0.39 is 0 Å². The number of nitrogens with two attached hydrogens (primary N) is 1. The minimum Gasteiger partial charge on any atom is -0.330 e. The fourth-order valence-electron chi connectivity index (χ4n) is 4.48. The van der Waals surface area contributed by atoms with Gasteiger partial charge in [-0.05, 0) is 57.0 Å². The molecule has 112 valence electrons. The van der Waals surface area contributed by atoms with Gasteiger partial charge in [-0.3, -0.25) is 0 Å². The summed E-state index contributed by atoms with van der Waals surface area (Å²) in [4.78, 5) is 2.73. The van der Waals surface area contributed by atoms with Crippen molar-refractivity contribution < 1.29 is 0 Å². The monoisotopic (exact) mass is 266 g/mol. The second-order valence-corrected chi connectivity index (χ2v) is 7.24. The molecule has 0 amide bonds. The number of hydrogen-bond acceptors (Lipinski definition) is 2. The topological polar surface area (TPSA) is 29.3 Å². The van der Waals surface area contributed by atoms with Gasteiger partial charge in [0, 0.05) is 12.1 Å². The van der Waals surface area contributed by atoms with Crippen molar-refractivity contribution in [3.05, 3.63) is 0 Å². The molecule has 2 aliphatic rings. The van der Waals surface area contributed by atoms with Gasteiger partial charge in [-0.25, -0.2) is 0 Å². The van der Waals surface area contributed by atoms with Crippen LogP contribution in [0.5, 0.6) is 0 Å². The van der Waals surface area contributed by atoms with Crippen LogP contribution in [0.1, 0.15) is 65.2 Å². The molecule has 2 rings (SSSR count). The highest BCUT2D eigenvalue weighted by atomic mass is 15.2. The molecule has 2 nitrogen and oxygen atoms in total. The summed E-state index contributed by atoms with van der Waals surface area (Å²) < 4.78 is 0. The molecule has 2 fully saturated rings. The van der Waals surface area contributed by atoms with Crippen molar-refractivity contribution in [2.24, 2.45) is 23.5 Å². The van der Waals surface area contributed by atoms with Crippen LogP contribution in [0.3, 0.4) is 0 Å². The summed E-state index contributed by atoms with van der Waals surface area (Å²) in [6, 6.07) is 1.57. The van der Waals surface area contributed by atoms with Crippen LogP contribution in [0.2, 0.25) is 0 Å². The van der Waals surface area contributed by atoms with Crippen molar-refractivity contribution in [1.29, 1.82) is 0 Å². The van der Waals surface area contributed by atoms with Crippen LogP contribution in [0.25, 0.3) is 0 Å². The molecular formula is C17H34N2. The summed E-state index contributed by atoms with van der Waals surface area (Å²) in [6.07, 6.45) is 11.2. The van der Waals surface area contributed by atoms with Crippen LogP contribution in [0.15, 0.2) is 0 Å². The van der Waals surface area contributed by atoms with Crippen LogP contribution >= 0.6 is 0 Å². The fraction of sp³-hybridized carbons (Fsp3) is 1.00. The van der Waals surface area contributed by atoms with Crippen LogP contribution in [-0.2, 0) is 0 Å². The lowest BCUT2D eigenvalue weighted by atomic mass is 9.75. The molecule has 0 aromatic carbocycles. The van der Waals surface area contributed by atoms with E-state index in [0.717, 1.165) is 36.4 Å². The second kappa shape index (κ2) is 7.08. The number of hydrogen-bond donors (Lipinski definition) is 1. The van der Waals surface area contributed by atoms with E-state index in [9.17, 15) is 0 Å². The largest absolute Gasteiger partial charge is 0.330 e. The Labute approximate surface area is 120 Å². The van der Waals surface area contributed by atoms with Gasteiger partial charge >= 0.3 is 0 Å². The minimum absolute atomic E-state index is 0.741. The molecule has 0 aliphatic heterocycles. The molecule has 5 unspecified atom stereocenters. The normalized spacial score (nSPS) is 40.6. The Morgan fingerprint density at radius 3 is 2.53 bits per heavy atom. The molecular weight excluding hydrogens is 232 g/mol. The first-order valence-electron chi connectivity index (χ1n) is 8.57. The maximum Gasteiger partial charge on any atom is 0.0138 e. The van der Waals surface area contributed by atoms with Crippen molar-refractivity contribution in [1.82, 2.24) is 4.90 Å². The first kappa shape index (κ1) is 15.3. The Hall–Kier alpha value is -0.0800.